The molecule has 7 heterocycles. The molecule has 558 valence electrons. The van der Waals surface area contributed by atoms with E-state index in [1.54, 1.807) is 60.4 Å². The molecule has 2 aromatic heterocycles. The highest BCUT2D eigenvalue weighted by Crippen LogP contribution is 2.38. The summed E-state index contributed by atoms with van der Waals surface area (Å²) >= 11 is 0. The summed E-state index contributed by atoms with van der Waals surface area (Å²) in [5.74, 6) is -7.30. The summed E-state index contributed by atoms with van der Waals surface area (Å²) in [4.78, 5) is 126. The number of methoxy groups -OCH3 is 3. The number of esters is 1. The Kier molecular flexibility index (Phi) is 30.5. The lowest BCUT2D eigenvalue weighted by Crippen LogP contribution is -2.61. The van der Waals surface area contributed by atoms with E-state index >= 15 is 0 Å². The molecule has 3 amide bonds. The van der Waals surface area contributed by atoms with Crippen LogP contribution in [0.25, 0.3) is 0 Å². The van der Waals surface area contributed by atoms with Gasteiger partial charge in [-0.1, -0.05) is 71.1 Å². The lowest BCUT2D eigenvalue weighted by atomic mass is 9.78. The van der Waals surface area contributed by atoms with Crippen LogP contribution in [0.5, 0.6) is 0 Å². The van der Waals surface area contributed by atoms with Gasteiger partial charge in [0.2, 0.25) is 23.6 Å². The van der Waals surface area contributed by atoms with Gasteiger partial charge in [-0.3, -0.25) is 28.9 Å². The van der Waals surface area contributed by atoms with Crippen molar-refractivity contribution in [2.24, 2.45) is 35.5 Å². The summed E-state index contributed by atoms with van der Waals surface area (Å²) in [6, 6.07) is -1.21. The van der Waals surface area contributed by atoms with Gasteiger partial charge in [0.05, 0.1) is 37.9 Å². The number of aliphatic hydroxyl groups is 2. The number of fused-ring (bicyclic) bond motifs is 3. The van der Waals surface area contributed by atoms with Crippen molar-refractivity contribution in [1.82, 2.24) is 40.0 Å². The Hall–Kier alpha value is -6.91. The van der Waals surface area contributed by atoms with Crippen molar-refractivity contribution in [3.8, 4) is 0 Å². The molecule has 1 saturated carbocycles. The molecule has 5 fully saturated rings. The lowest BCUT2D eigenvalue weighted by molar-refractivity contribution is -0.265. The predicted molar refractivity (Wildman–Crippen MR) is 378 cm³/mol. The maximum atomic E-state index is 14.8. The smallest absolute Gasteiger partial charge is 0.407 e. The fraction of sp³-hybridized carbons (Fsp3) is 0.693. The first-order chi connectivity index (χ1) is 48.4. The van der Waals surface area contributed by atoms with Crippen LogP contribution in [0.4, 0.5) is 16.7 Å². The second-order valence-electron chi connectivity index (χ2n) is 28.8. The van der Waals surface area contributed by atoms with Gasteiger partial charge in [0.1, 0.15) is 36.2 Å². The van der Waals surface area contributed by atoms with Crippen molar-refractivity contribution in [2.75, 3.05) is 110 Å². The number of alkyl carbamates (subject to hydrolysis) is 1. The third kappa shape index (κ3) is 22.3. The Morgan fingerprint density at radius 1 is 0.743 bits per heavy atom. The number of ketones is 3. The fourth-order valence-corrected chi connectivity index (χ4v) is 14.7. The first-order valence-electron chi connectivity index (χ1n) is 36.5. The van der Waals surface area contributed by atoms with Gasteiger partial charge in [0, 0.05) is 154 Å². The van der Waals surface area contributed by atoms with Crippen molar-refractivity contribution in [1.29, 1.82) is 0 Å². The van der Waals surface area contributed by atoms with Crippen molar-refractivity contribution >= 4 is 53.1 Å². The van der Waals surface area contributed by atoms with E-state index in [1.807, 2.05) is 80.3 Å². The number of aromatic nitrogens is 4. The molecule has 0 radical (unpaired) electrons. The molecule has 0 aromatic carbocycles. The van der Waals surface area contributed by atoms with E-state index in [9.17, 15) is 43.8 Å². The number of rotatable bonds is 17. The average Bonchev–Trinajstić information content (AvgIpc) is 0.773. The van der Waals surface area contributed by atoms with Crippen LogP contribution in [0, 0.1) is 42.4 Å². The first kappa shape index (κ1) is 79.8. The standard InChI is InChI=1S/C75H112N10O16/c1-48-17-13-12-14-18-50(3)62(95-9)41-58-22-20-55(8)75(94,101-58)69(90)70(91)85-25-16-15-19-59(85)71(92)99-63(42-60(86)51(4)38-54(7)67(89)68(97-11)66(88)53(6)37-48)52(5)39-56-21-23-61(64(40-56)96-10)100-74(93)80-47-57-45-78-73(79-46-57)84-32-30-82(31-33-84)65(87)24-35-98-36-34-81-26-28-83(29-27-81)72-76-43-49(2)44-77-72/h12-14,17-18,38,43-46,48,51-53,55-56,58-59,61-64,67-68,89,94H,15-16,19-37,39-42,47H2,1-11H3,(H,80,93)/b14-12+,17-13+,50-18+,54-38+/t48-,51?,52-,53-,55-,56+,58+,59+,61-,62?,63+,64-,67-,68+,75-/m1/s1. The number of amides is 3. The largest absolute Gasteiger partial charge is 0.460 e. The second-order valence-corrected chi connectivity index (χ2v) is 28.8. The summed E-state index contributed by atoms with van der Waals surface area (Å²) in [5, 5.41) is 26.6. The van der Waals surface area contributed by atoms with Crippen LogP contribution >= 0.6 is 0 Å². The van der Waals surface area contributed by atoms with E-state index in [0.717, 1.165) is 49.8 Å². The molecule has 101 heavy (non-hydrogen) atoms. The van der Waals surface area contributed by atoms with Crippen LogP contribution in [0.1, 0.15) is 143 Å². The van der Waals surface area contributed by atoms with Gasteiger partial charge in [0.15, 0.2) is 5.78 Å². The number of hydrogen-bond acceptors (Lipinski definition) is 23. The van der Waals surface area contributed by atoms with Gasteiger partial charge in [-0.2, -0.15) is 0 Å². The number of nitrogens with one attached hydrogen (secondary N) is 1. The molecule has 2 aromatic rings. The summed E-state index contributed by atoms with van der Waals surface area (Å²) in [5.41, 5.74) is 2.91. The highest BCUT2D eigenvalue weighted by molar-refractivity contribution is 6.39. The van der Waals surface area contributed by atoms with Gasteiger partial charge in [-0.15, -0.1) is 0 Å². The minimum Gasteiger partial charge on any atom is -0.460 e. The Morgan fingerprint density at radius 3 is 2.10 bits per heavy atom. The maximum absolute atomic E-state index is 14.8. The molecule has 26 nitrogen and oxygen atoms in total. The number of allylic oxidation sites excluding steroid dienone is 6. The third-order valence-electron chi connectivity index (χ3n) is 21.2. The number of anilines is 2. The SMILES string of the molecule is COC1C[C@@H]2CC[C@@H](C)[C@@](O)(O2)C(=O)C(=O)N2CCCC[C@H]2C(=O)O[C@H]([C@H](C)C[C@@H]2CC[C@@H](OC(=O)NCc3cnc(N4CCN(C(=O)CCOCCN5CCN(c6ncc(C)cn6)CC5)CC4)nc3)[C@H](OC)C2)CC(=O)C(C)/C=C(\C)[C@@H](O)[C@@H](OC)C(=O)[C@H](C)C[C@H](C)/C=C/C=C/C=C/1C. The van der Waals surface area contributed by atoms with Crippen LogP contribution in [0.2, 0.25) is 0 Å². The molecule has 6 aliphatic rings. The first-order valence-corrected chi connectivity index (χ1v) is 36.5. The Morgan fingerprint density at radius 2 is 1.43 bits per heavy atom. The molecular weight excluding hydrogens is 1300 g/mol. The fourth-order valence-electron chi connectivity index (χ4n) is 14.7. The zero-order valence-corrected chi connectivity index (χ0v) is 61.4. The Balaban J connectivity index is 0.850. The molecule has 1 aliphatic carbocycles. The number of ether oxygens (including phenoxy) is 7. The topological polar surface area (TPSA) is 304 Å². The summed E-state index contributed by atoms with van der Waals surface area (Å²) < 4.78 is 42.0. The van der Waals surface area contributed by atoms with Gasteiger partial charge >= 0.3 is 12.1 Å². The molecule has 4 saturated heterocycles. The number of piperidine rings is 1. The van der Waals surface area contributed by atoms with Crippen LogP contribution in [-0.4, -0.2) is 241 Å². The number of nitrogens with zero attached hydrogens (tertiary/aromatic N) is 9. The van der Waals surface area contributed by atoms with Crippen LogP contribution in [0.15, 0.2) is 72.4 Å². The van der Waals surface area contributed by atoms with Crippen molar-refractivity contribution in [2.45, 2.75) is 200 Å². The molecular formula is C75H112N10O16. The van der Waals surface area contributed by atoms with E-state index in [-0.39, 0.29) is 61.7 Å². The van der Waals surface area contributed by atoms with Crippen LogP contribution < -0.4 is 15.1 Å². The third-order valence-corrected chi connectivity index (χ3v) is 21.2. The normalized spacial score (nSPS) is 32.1. The molecule has 0 spiro atoms. The van der Waals surface area contributed by atoms with Crippen molar-refractivity contribution in [3.05, 3.63) is 83.5 Å². The van der Waals surface area contributed by atoms with Gasteiger partial charge in [-0.25, -0.2) is 29.5 Å². The minimum atomic E-state index is -2.48. The van der Waals surface area contributed by atoms with Gasteiger partial charge in [-0.05, 0) is 119 Å². The molecule has 26 heteroatoms. The van der Waals surface area contributed by atoms with E-state index in [2.05, 4.69) is 35.1 Å². The predicted octanol–water partition coefficient (Wildman–Crippen LogP) is 6.88. The van der Waals surface area contributed by atoms with Crippen molar-refractivity contribution < 1.29 is 76.9 Å². The number of Topliss-reactive ketones (excluding diaryl/α,β-unsaturated/α-hetero) is 3. The van der Waals surface area contributed by atoms with Crippen LogP contribution in [0.3, 0.4) is 0 Å². The molecule has 8 rings (SSSR count). The van der Waals surface area contributed by atoms with E-state index < -0.39 is 102 Å². The second kappa shape index (κ2) is 38.6. The monoisotopic (exact) mass is 1410 g/mol. The summed E-state index contributed by atoms with van der Waals surface area (Å²) in [7, 11) is 4.50. The number of carbonyl (C=O) groups is 7. The Bertz CT molecular complexity index is 3190. The quantitative estimate of drug-likeness (QED) is 0.0629. The zero-order chi connectivity index (χ0) is 72.9. The zero-order valence-electron chi connectivity index (χ0n) is 61.4. The lowest BCUT2D eigenvalue weighted by Gasteiger charge is -2.42. The number of piperazine rings is 2. The highest BCUT2D eigenvalue weighted by atomic mass is 16.6. The number of carbonyl (C=O) groups excluding carboxylic acids is 7. The number of aliphatic hydroxyl groups excluding tert-OH is 1. The molecule has 5 aliphatic heterocycles. The van der Waals surface area contributed by atoms with Gasteiger partial charge < -0.3 is 68.3 Å². The molecule has 2 unspecified atom stereocenters. The highest BCUT2D eigenvalue weighted by Gasteiger charge is 2.53. The maximum Gasteiger partial charge on any atom is 0.407 e. The Labute approximate surface area is 596 Å². The number of aryl methyl sites for hydroxylation is 1. The average molecular weight is 1410 g/mol. The summed E-state index contributed by atoms with van der Waals surface area (Å²) in [6.45, 7) is 22.1. The number of hydrogen-bond donors (Lipinski definition) is 3. The van der Waals surface area contributed by atoms with E-state index in [1.165, 1.54) is 12.0 Å². The summed E-state index contributed by atoms with van der Waals surface area (Å²) in [6.07, 6.45) is 16.6. The van der Waals surface area contributed by atoms with Crippen molar-refractivity contribution in [3.63, 3.8) is 0 Å². The molecule has 3 N–H and O–H groups in total. The van der Waals surface area contributed by atoms with E-state index in [0.29, 0.717) is 121 Å². The number of cyclic esters (lactones) is 1. The minimum absolute atomic E-state index is 0.0147. The molecule has 15 atom stereocenters. The molecule has 2 bridgehead atoms. The van der Waals surface area contributed by atoms with E-state index in [4.69, 9.17) is 33.2 Å². The van der Waals surface area contributed by atoms with Crippen LogP contribution in [-0.2, 0) is 68.5 Å². The van der Waals surface area contributed by atoms with Gasteiger partial charge in [0.25, 0.3) is 11.7 Å².